The largest absolute Gasteiger partial charge is 0.303 e. The summed E-state index contributed by atoms with van der Waals surface area (Å²) in [5.41, 5.74) is 0.421. The highest BCUT2D eigenvalue weighted by atomic mass is 19.1. The van der Waals surface area contributed by atoms with Gasteiger partial charge in [0.2, 0.25) is 0 Å². The van der Waals surface area contributed by atoms with Crippen LogP contribution in [0.5, 0.6) is 0 Å². The Morgan fingerprint density at radius 2 is 2.08 bits per heavy atom. The van der Waals surface area contributed by atoms with Gasteiger partial charge in [-0.1, -0.05) is 20.8 Å². The zero-order valence-corrected chi connectivity index (χ0v) is 9.15. The first-order chi connectivity index (χ1) is 6.04. The van der Waals surface area contributed by atoms with Crippen LogP contribution in [0, 0.1) is 11.3 Å². The molecule has 1 fully saturated rings. The second-order valence-electron chi connectivity index (χ2n) is 5.19. The van der Waals surface area contributed by atoms with Crippen LogP contribution in [0.25, 0.3) is 0 Å². The van der Waals surface area contributed by atoms with E-state index < -0.39 is 0 Å². The minimum atomic E-state index is -0.170. The molecule has 0 aromatic rings. The van der Waals surface area contributed by atoms with Crippen molar-refractivity contribution in [2.45, 2.75) is 33.6 Å². The number of halogens is 1. The predicted octanol–water partition coefficient (Wildman–Crippen LogP) is 2.71. The van der Waals surface area contributed by atoms with Crippen molar-refractivity contribution in [2.75, 3.05) is 26.3 Å². The van der Waals surface area contributed by atoms with Crippen LogP contribution in [0.2, 0.25) is 0 Å². The molecule has 78 valence electrons. The summed E-state index contributed by atoms with van der Waals surface area (Å²) in [6, 6.07) is 0. The predicted molar refractivity (Wildman–Crippen MR) is 54.6 cm³/mol. The van der Waals surface area contributed by atoms with E-state index in [9.17, 15) is 4.39 Å². The fourth-order valence-electron chi connectivity index (χ4n) is 2.03. The topological polar surface area (TPSA) is 3.24 Å². The van der Waals surface area contributed by atoms with Crippen LogP contribution in [0.15, 0.2) is 0 Å². The number of nitrogens with zero attached hydrogens (tertiary/aromatic N) is 1. The molecule has 0 aromatic carbocycles. The molecule has 1 atom stereocenters. The van der Waals surface area contributed by atoms with E-state index in [0.717, 1.165) is 12.5 Å². The summed E-state index contributed by atoms with van der Waals surface area (Å²) in [6.45, 7) is 10.0. The molecule has 0 radical (unpaired) electrons. The zero-order chi connectivity index (χ0) is 9.90. The second kappa shape index (κ2) is 4.41. The van der Waals surface area contributed by atoms with E-state index in [4.69, 9.17) is 0 Å². The molecule has 0 amide bonds. The van der Waals surface area contributed by atoms with E-state index in [-0.39, 0.29) is 6.67 Å². The van der Waals surface area contributed by atoms with Crippen LogP contribution in [-0.2, 0) is 0 Å². The van der Waals surface area contributed by atoms with Gasteiger partial charge in [0.15, 0.2) is 0 Å². The molecule has 1 heterocycles. The summed E-state index contributed by atoms with van der Waals surface area (Å²) in [7, 11) is 0. The molecule has 0 spiro atoms. The Balaban J connectivity index is 2.28. The van der Waals surface area contributed by atoms with Crippen molar-refractivity contribution < 1.29 is 4.39 Å². The summed E-state index contributed by atoms with van der Waals surface area (Å²) in [4.78, 5) is 2.40. The average Bonchev–Trinajstić information content (AvgIpc) is 2.47. The molecule has 1 rings (SSSR count). The van der Waals surface area contributed by atoms with Gasteiger partial charge in [0, 0.05) is 13.1 Å². The van der Waals surface area contributed by atoms with Crippen molar-refractivity contribution in [3.05, 3.63) is 0 Å². The van der Waals surface area contributed by atoms with Crippen molar-refractivity contribution in [3.8, 4) is 0 Å². The first-order valence-corrected chi connectivity index (χ1v) is 5.32. The van der Waals surface area contributed by atoms with Crippen molar-refractivity contribution in [2.24, 2.45) is 11.3 Å². The average molecular weight is 187 g/mol. The van der Waals surface area contributed by atoms with E-state index in [2.05, 4.69) is 25.7 Å². The smallest absolute Gasteiger partial charge is 0.0906 e. The molecule has 1 unspecified atom stereocenters. The lowest BCUT2D eigenvalue weighted by atomic mass is 9.80. The van der Waals surface area contributed by atoms with Gasteiger partial charge >= 0.3 is 0 Å². The highest BCUT2D eigenvalue weighted by Crippen LogP contribution is 2.33. The molecule has 2 heteroatoms. The summed E-state index contributed by atoms with van der Waals surface area (Å²) in [5, 5.41) is 0. The van der Waals surface area contributed by atoms with Gasteiger partial charge in [0.25, 0.3) is 0 Å². The molecule has 1 aliphatic heterocycles. The van der Waals surface area contributed by atoms with Crippen LogP contribution >= 0.6 is 0 Å². The van der Waals surface area contributed by atoms with E-state index in [1.807, 2.05) is 0 Å². The summed E-state index contributed by atoms with van der Waals surface area (Å²) < 4.78 is 12.0. The molecule has 0 saturated carbocycles. The third-order valence-corrected chi connectivity index (χ3v) is 3.11. The first kappa shape index (κ1) is 11.0. The molecule has 0 N–H and O–H groups in total. The minimum absolute atomic E-state index is 0.170. The molecular weight excluding hydrogens is 165 g/mol. The molecule has 1 saturated heterocycles. The Hall–Kier alpha value is -0.110. The lowest BCUT2D eigenvalue weighted by molar-refractivity contribution is 0.225. The van der Waals surface area contributed by atoms with Crippen molar-refractivity contribution in [3.63, 3.8) is 0 Å². The summed E-state index contributed by atoms with van der Waals surface area (Å²) in [5.74, 6) is 0.798. The van der Waals surface area contributed by atoms with Gasteiger partial charge in [0.05, 0.1) is 6.67 Å². The highest BCUT2D eigenvalue weighted by Gasteiger charge is 2.31. The third-order valence-electron chi connectivity index (χ3n) is 3.11. The van der Waals surface area contributed by atoms with Gasteiger partial charge in [-0.2, -0.15) is 0 Å². The molecule has 13 heavy (non-hydrogen) atoms. The number of alkyl halides is 1. The Morgan fingerprint density at radius 1 is 1.38 bits per heavy atom. The second-order valence-corrected chi connectivity index (χ2v) is 5.19. The van der Waals surface area contributed by atoms with Crippen molar-refractivity contribution >= 4 is 0 Å². The molecular formula is C11H22FN. The van der Waals surface area contributed by atoms with Gasteiger partial charge in [0.1, 0.15) is 0 Å². The standard InChI is InChI=1S/C11H22FN/c1-11(2,3)10-5-8-13(9-10)7-4-6-12/h10H,4-9H2,1-3H3. The summed E-state index contributed by atoms with van der Waals surface area (Å²) in [6.07, 6.45) is 1.99. The van der Waals surface area contributed by atoms with E-state index in [1.165, 1.54) is 19.5 Å². The van der Waals surface area contributed by atoms with Gasteiger partial charge in [-0.25, -0.2) is 0 Å². The van der Waals surface area contributed by atoms with Gasteiger partial charge in [-0.3, -0.25) is 4.39 Å². The van der Waals surface area contributed by atoms with Crippen molar-refractivity contribution in [1.29, 1.82) is 0 Å². The number of rotatable bonds is 3. The first-order valence-electron chi connectivity index (χ1n) is 5.32. The highest BCUT2D eigenvalue weighted by molar-refractivity contribution is 4.83. The van der Waals surface area contributed by atoms with Crippen LogP contribution < -0.4 is 0 Å². The number of likely N-dealkylation sites (tertiary alicyclic amines) is 1. The van der Waals surface area contributed by atoms with Gasteiger partial charge in [-0.05, 0) is 30.7 Å². The van der Waals surface area contributed by atoms with Gasteiger partial charge < -0.3 is 4.90 Å². The fourth-order valence-corrected chi connectivity index (χ4v) is 2.03. The Labute approximate surface area is 81.3 Å². The molecule has 1 nitrogen and oxygen atoms in total. The zero-order valence-electron chi connectivity index (χ0n) is 9.15. The SMILES string of the molecule is CC(C)(C)C1CCN(CCCF)C1. The Bertz CT molecular complexity index is 151. The van der Waals surface area contributed by atoms with Crippen LogP contribution in [-0.4, -0.2) is 31.2 Å². The number of hydrogen-bond donors (Lipinski definition) is 0. The van der Waals surface area contributed by atoms with Crippen LogP contribution in [0.3, 0.4) is 0 Å². The Morgan fingerprint density at radius 3 is 2.54 bits per heavy atom. The monoisotopic (exact) mass is 187 g/mol. The van der Waals surface area contributed by atoms with E-state index in [0.29, 0.717) is 11.8 Å². The maximum Gasteiger partial charge on any atom is 0.0906 e. The van der Waals surface area contributed by atoms with Gasteiger partial charge in [-0.15, -0.1) is 0 Å². The molecule has 0 aliphatic carbocycles. The van der Waals surface area contributed by atoms with Crippen LogP contribution in [0.1, 0.15) is 33.6 Å². The molecule has 0 bridgehead atoms. The fraction of sp³-hybridized carbons (Fsp3) is 1.00. The van der Waals surface area contributed by atoms with E-state index in [1.54, 1.807) is 0 Å². The minimum Gasteiger partial charge on any atom is -0.303 e. The third kappa shape index (κ3) is 3.26. The van der Waals surface area contributed by atoms with E-state index >= 15 is 0 Å². The van der Waals surface area contributed by atoms with Crippen molar-refractivity contribution in [1.82, 2.24) is 4.90 Å². The normalized spacial score (nSPS) is 25.4. The lowest BCUT2D eigenvalue weighted by Gasteiger charge is -2.27. The van der Waals surface area contributed by atoms with Crippen LogP contribution in [0.4, 0.5) is 4.39 Å². The lowest BCUT2D eigenvalue weighted by Crippen LogP contribution is -2.26. The number of hydrogen-bond acceptors (Lipinski definition) is 1. The molecule has 0 aromatic heterocycles. The Kier molecular flexibility index (Phi) is 3.72. The maximum atomic E-state index is 12.0. The summed E-state index contributed by atoms with van der Waals surface area (Å²) >= 11 is 0. The molecule has 1 aliphatic rings. The maximum absolute atomic E-state index is 12.0. The quantitative estimate of drug-likeness (QED) is 0.656.